The highest BCUT2D eigenvalue weighted by Gasteiger charge is 2.25. The third-order valence-electron chi connectivity index (χ3n) is 4.93. The van der Waals surface area contributed by atoms with Crippen LogP contribution in [-0.4, -0.2) is 29.0 Å². The summed E-state index contributed by atoms with van der Waals surface area (Å²) >= 11 is 7.48. The highest BCUT2D eigenvalue weighted by atomic mass is 35.5. The monoisotopic (exact) mass is 400 g/mol. The van der Waals surface area contributed by atoms with Crippen LogP contribution in [0.2, 0.25) is 5.02 Å². The van der Waals surface area contributed by atoms with Gasteiger partial charge in [-0.25, -0.2) is 9.97 Å². The average molecular weight is 401 g/mol. The Labute approximate surface area is 167 Å². The first-order chi connectivity index (χ1) is 13.0. The molecule has 3 heterocycles. The summed E-state index contributed by atoms with van der Waals surface area (Å²) in [6.07, 6.45) is 3.98. The number of amides is 1. The molecule has 140 valence electrons. The molecule has 0 bridgehead atoms. The minimum absolute atomic E-state index is 0.137. The quantitative estimate of drug-likeness (QED) is 0.661. The molecule has 0 saturated carbocycles. The highest BCUT2D eigenvalue weighted by molar-refractivity contribution is 7.19. The summed E-state index contributed by atoms with van der Waals surface area (Å²) in [6, 6.07) is 7.13. The third-order valence-corrected chi connectivity index (χ3v) is 6.20. The third kappa shape index (κ3) is 3.64. The molecule has 4 rings (SSSR count). The van der Waals surface area contributed by atoms with E-state index in [1.54, 1.807) is 30.6 Å². The second-order valence-electron chi connectivity index (χ2n) is 7.07. The van der Waals surface area contributed by atoms with Crippen LogP contribution in [0.3, 0.4) is 0 Å². The highest BCUT2D eigenvalue weighted by Crippen LogP contribution is 2.36. The summed E-state index contributed by atoms with van der Waals surface area (Å²) in [7, 11) is 0. The number of carbonyl (C=O) groups excluding carboxylic acids is 1. The van der Waals surface area contributed by atoms with E-state index in [0.717, 1.165) is 40.4 Å². The van der Waals surface area contributed by atoms with E-state index in [2.05, 4.69) is 27.1 Å². The topological polar surface area (TPSA) is 58.1 Å². The maximum Gasteiger partial charge on any atom is 0.257 e. The molecule has 5 nitrogen and oxygen atoms in total. The average Bonchev–Trinajstić information content (AvgIpc) is 2.99. The van der Waals surface area contributed by atoms with Crippen molar-refractivity contribution in [2.75, 3.05) is 23.3 Å². The summed E-state index contributed by atoms with van der Waals surface area (Å²) in [6.45, 7) is 6.14. The number of hydrogen-bond donors (Lipinski definition) is 1. The molecule has 3 aromatic rings. The summed E-state index contributed by atoms with van der Waals surface area (Å²) in [5, 5.41) is 4.48. The summed E-state index contributed by atoms with van der Waals surface area (Å²) < 4.78 is 0. The van der Waals surface area contributed by atoms with Crippen molar-refractivity contribution in [3.05, 3.63) is 46.1 Å². The number of aromatic nitrogens is 2. The van der Waals surface area contributed by atoms with Gasteiger partial charge in [0.1, 0.15) is 17.0 Å². The normalized spacial score (nSPS) is 17.3. The zero-order chi connectivity index (χ0) is 19.0. The lowest BCUT2D eigenvalue weighted by Crippen LogP contribution is -2.35. The molecule has 1 amide bonds. The zero-order valence-electron chi connectivity index (χ0n) is 15.3. The molecule has 27 heavy (non-hydrogen) atoms. The largest absolute Gasteiger partial charge is 0.356 e. The number of fused-ring (bicyclic) bond motifs is 1. The van der Waals surface area contributed by atoms with Gasteiger partial charge in [-0.1, -0.05) is 18.5 Å². The molecule has 1 aliphatic rings. The first-order valence-electron chi connectivity index (χ1n) is 9.09. The molecular weight excluding hydrogens is 380 g/mol. The molecular formula is C20H21ClN4OS. The summed E-state index contributed by atoms with van der Waals surface area (Å²) in [4.78, 5) is 26.2. The number of thiophene rings is 1. The molecule has 7 heteroatoms. The Morgan fingerprint density at radius 1 is 1.30 bits per heavy atom. The fourth-order valence-corrected chi connectivity index (χ4v) is 4.76. The first-order valence-corrected chi connectivity index (χ1v) is 10.3. The number of hydrogen-bond acceptors (Lipinski definition) is 5. The smallest absolute Gasteiger partial charge is 0.257 e. The predicted molar refractivity (Wildman–Crippen MR) is 112 cm³/mol. The van der Waals surface area contributed by atoms with Crippen LogP contribution in [0.5, 0.6) is 0 Å². The van der Waals surface area contributed by atoms with Gasteiger partial charge in [-0.2, -0.15) is 0 Å². The standard InChI is InChI=1S/C20H21ClN4OS/c1-12-4-3-9-25(10-12)18-17-16(13(2)27-20(17)23-11-22-18)19(26)24-15-7-5-14(21)6-8-15/h5-8,11-12H,3-4,9-10H2,1-2H3,(H,24,26). The van der Waals surface area contributed by atoms with E-state index in [9.17, 15) is 4.79 Å². The van der Waals surface area contributed by atoms with E-state index < -0.39 is 0 Å². The van der Waals surface area contributed by atoms with Crippen molar-refractivity contribution in [1.29, 1.82) is 0 Å². The van der Waals surface area contributed by atoms with Crippen molar-refractivity contribution in [2.24, 2.45) is 5.92 Å². The maximum absolute atomic E-state index is 13.1. The number of piperidine rings is 1. The van der Waals surface area contributed by atoms with E-state index in [4.69, 9.17) is 11.6 Å². The van der Waals surface area contributed by atoms with Crippen molar-refractivity contribution in [1.82, 2.24) is 9.97 Å². The SMILES string of the molecule is Cc1sc2ncnc(N3CCCC(C)C3)c2c1C(=O)Nc1ccc(Cl)cc1. The molecule has 1 atom stereocenters. The lowest BCUT2D eigenvalue weighted by Gasteiger charge is -2.32. The lowest BCUT2D eigenvalue weighted by atomic mass is 10.00. The minimum Gasteiger partial charge on any atom is -0.356 e. The van der Waals surface area contributed by atoms with E-state index in [0.29, 0.717) is 22.2 Å². The Bertz CT molecular complexity index is 986. The Hall–Kier alpha value is -2.18. The van der Waals surface area contributed by atoms with Gasteiger partial charge in [0.05, 0.1) is 10.9 Å². The number of halogens is 1. The van der Waals surface area contributed by atoms with Gasteiger partial charge >= 0.3 is 0 Å². The molecule has 0 aliphatic carbocycles. The summed E-state index contributed by atoms with van der Waals surface area (Å²) in [5.41, 5.74) is 1.38. The number of nitrogens with one attached hydrogen (secondary N) is 1. The number of aryl methyl sites for hydroxylation is 1. The lowest BCUT2D eigenvalue weighted by molar-refractivity contribution is 0.102. The Morgan fingerprint density at radius 3 is 2.81 bits per heavy atom. The molecule has 1 unspecified atom stereocenters. The van der Waals surface area contributed by atoms with Gasteiger partial charge in [0.15, 0.2) is 0 Å². The molecule has 0 spiro atoms. The fourth-order valence-electron chi connectivity index (χ4n) is 3.65. The van der Waals surface area contributed by atoms with Crippen LogP contribution in [0.15, 0.2) is 30.6 Å². The fraction of sp³-hybridized carbons (Fsp3) is 0.350. The van der Waals surface area contributed by atoms with Crippen molar-refractivity contribution in [3.63, 3.8) is 0 Å². The van der Waals surface area contributed by atoms with Crippen LogP contribution in [0, 0.1) is 12.8 Å². The number of anilines is 2. The number of carbonyl (C=O) groups is 1. The van der Waals surface area contributed by atoms with Crippen LogP contribution >= 0.6 is 22.9 Å². The van der Waals surface area contributed by atoms with Gasteiger partial charge in [-0.15, -0.1) is 11.3 Å². The van der Waals surface area contributed by atoms with Gasteiger partial charge in [0.25, 0.3) is 5.91 Å². The van der Waals surface area contributed by atoms with Gasteiger partial charge in [0.2, 0.25) is 0 Å². The molecule has 1 N–H and O–H groups in total. The molecule has 0 radical (unpaired) electrons. The van der Waals surface area contributed by atoms with E-state index in [1.165, 1.54) is 17.8 Å². The van der Waals surface area contributed by atoms with Crippen LogP contribution < -0.4 is 10.2 Å². The van der Waals surface area contributed by atoms with Gasteiger partial charge in [-0.05, 0) is 49.9 Å². The Kier molecular flexibility index (Phi) is 5.02. The molecule has 1 aromatic carbocycles. The Balaban J connectivity index is 1.74. The summed E-state index contributed by atoms with van der Waals surface area (Å²) in [5.74, 6) is 1.36. The van der Waals surface area contributed by atoms with Crippen LogP contribution in [0.25, 0.3) is 10.2 Å². The molecule has 1 fully saturated rings. The van der Waals surface area contributed by atoms with Gasteiger partial charge in [0, 0.05) is 28.7 Å². The van der Waals surface area contributed by atoms with Gasteiger partial charge < -0.3 is 10.2 Å². The molecule has 2 aromatic heterocycles. The van der Waals surface area contributed by atoms with E-state index >= 15 is 0 Å². The first kappa shape index (κ1) is 18.2. The predicted octanol–water partition coefficient (Wildman–Crippen LogP) is 5.14. The minimum atomic E-state index is -0.137. The van der Waals surface area contributed by atoms with Crippen molar-refractivity contribution in [3.8, 4) is 0 Å². The van der Waals surface area contributed by atoms with E-state index in [1.807, 2.05) is 6.92 Å². The number of nitrogens with zero attached hydrogens (tertiary/aromatic N) is 3. The molecule has 1 saturated heterocycles. The maximum atomic E-state index is 13.1. The molecule has 1 aliphatic heterocycles. The number of benzene rings is 1. The van der Waals surface area contributed by atoms with Crippen LogP contribution in [0.4, 0.5) is 11.5 Å². The second kappa shape index (κ2) is 7.44. The van der Waals surface area contributed by atoms with Crippen molar-refractivity contribution in [2.45, 2.75) is 26.7 Å². The second-order valence-corrected chi connectivity index (χ2v) is 8.70. The zero-order valence-corrected chi connectivity index (χ0v) is 16.9. The van der Waals surface area contributed by atoms with Crippen LogP contribution in [0.1, 0.15) is 35.0 Å². The Morgan fingerprint density at radius 2 is 2.07 bits per heavy atom. The number of rotatable bonds is 3. The van der Waals surface area contributed by atoms with Gasteiger partial charge in [-0.3, -0.25) is 4.79 Å². The van der Waals surface area contributed by atoms with Crippen molar-refractivity contribution >= 4 is 50.6 Å². The van der Waals surface area contributed by atoms with Crippen molar-refractivity contribution < 1.29 is 4.79 Å². The van der Waals surface area contributed by atoms with E-state index in [-0.39, 0.29) is 5.91 Å². The van der Waals surface area contributed by atoms with Crippen LogP contribution in [-0.2, 0) is 0 Å².